The van der Waals surface area contributed by atoms with Crippen LogP contribution in [-0.4, -0.2) is 41.8 Å². The highest BCUT2D eigenvalue weighted by Gasteiger charge is 2.14. The van der Waals surface area contributed by atoms with Gasteiger partial charge in [-0.3, -0.25) is 4.99 Å². The third-order valence-corrected chi connectivity index (χ3v) is 5.46. The van der Waals surface area contributed by atoms with Crippen LogP contribution in [0.3, 0.4) is 0 Å². The van der Waals surface area contributed by atoms with E-state index in [4.69, 9.17) is 4.99 Å². The molecule has 0 amide bonds. The molecule has 0 saturated carbocycles. The maximum Gasteiger partial charge on any atom is 0.185 e. The van der Waals surface area contributed by atoms with E-state index in [1.807, 2.05) is 25.1 Å². The number of rotatable bonds is 4. The molecule has 0 fully saturated rings. The number of thiazole rings is 1. The molecule has 2 aromatic carbocycles. The summed E-state index contributed by atoms with van der Waals surface area (Å²) in [6, 6.07) is 8.02. The molecule has 0 aliphatic rings. The third kappa shape index (κ3) is 2.86. The maximum atomic E-state index is 10.5. The summed E-state index contributed by atoms with van der Waals surface area (Å²) in [6.07, 6.45) is 1.05. The number of fused-ring (bicyclic) bond motifs is 3. The van der Waals surface area contributed by atoms with Crippen molar-refractivity contribution in [2.45, 2.75) is 13.3 Å². The summed E-state index contributed by atoms with van der Waals surface area (Å²) in [4.78, 5) is 7.95. The second-order valence-corrected chi connectivity index (χ2v) is 7.16. The summed E-state index contributed by atoms with van der Waals surface area (Å²) in [6.45, 7) is 3.85. The van der Waals surface area contributed by atoms with Gasteiger partial charge in [0.15, 0.2) is 4.80 Å². The van der Waals surface area contributed by atoms with Crippen LogP contribution in [-0.2, 0) is 7.05 Å². The van der Waals surface area contributed by atoms with Crippen LogP contribution in [0.15, 0.2) is 29.3 Å². The first kappa shape index (κ1) is 16.0. The van der Waals surface area contributed by atoms with E-state index >= 15 is 0 Å². The molecule has 0 atom stereocenters. The first-order chi connectivity index (χ1) is 11.0. The summed E-state index contributed by atoms with van der Waals surface area (Å²) in [7, 11) is 6.22. The highest BCUT2D eigenvalue weighted by Crippen LogP contribution is 2.37. The van der Waals surface area contributed by atoms with Crippen LogP contribution in [0.25, 0.3) is 21.0 Å². The Morgan fingerprint density at radius 2 is 1.91 bits per heavy atom. The van der Waals surface area contributed by atoms with Crippen LogP contribution in [0.2, 0.25) is 0 Å². The predicted octanol–water partition coefficient (Wildman–Crippen LogP) is 3.26. The van der Waals surface area contributed by atoms with Gasteiger partial charge < -0.3 is 14.6 Å². The minimum Gasteiger partial charge on any atom is -0.507 e. The van der Waals surface area contributed by atoms with Gasteiger partial charge in [0.2, 0.25) is 0 Å². The molecule has 1 aromatic heterocycles. The van der Waals surface area contributed by atoms with Crippen molar-refractivity contribution in [1.29, 1.82) is 0 Å². The summed E-state index contributed by atoms with van der Waals surface area (Å²) < 4.78 is 3.28. The summed E-state index contributed by atoms with van der Waals surface area (Å²) in [5.41, 5.74) is 2.10. The predicted molar refractivity (Wildman–Crippen MR) is 98.3 cm³/mol. The molecule has 0 saturated heterocycles. The van der Waals surface area contributed by atoms with Crippen molar-refractivity contribution < 1.29 is 5.11 Å². The first-order valence-electron chi connectivity index (χ1n) is 7.85. The Hall–Kier alpha value is -1.85. The van der Waals surface area contributed by atoms with Gasteiger partial charge in [0.1, 0.15) is 5.75 Å². The van der Waals surface area contributed by atoms with Crippen molar-refractivity contribution in [1.82, 2.24) is 9.47 Å². The average molecular weight is 329 g/mol. The number of hydrogen-bond acceptors (Lipinski definition) is 4. The second-order valence-electron chi connectivity index (χ2n) is 6.18. The maximum absolute atomic E-state index is 10.5. The fourth-order valence-corrected chi connectivity index (χ4v) is 4.08. The van der Waals surface area contributed by atoms with Gasteiger partial charge in [-0.2, -0.15) is 0 Å². The van der Waals surface area contributed by atoms with E-state index in [0.29, 0.717) is 5.75 Å². The zero-order chi connectivity index (χ0) is 16.6. The Morgan fingerprint density at radius 3 is 2.61 bits per heavy atom. The Balaban J connectivity index is 2.17. The van der Waals surface area contributed by atoms with E-state index in [-0.39, 0.29) is 0 Å². The van der Waals surface area contributed by atoms with Crippen LogP contribution in [0.1, 0.15) is 12.0 Å². The van der Waals surface area contributed by atoms with Crippen LogP contribution < -0.4 is 4.80 Å². The molecule has 4 nitrogen and oxygen atoms in total. The van der Waals surface area contributed by atoms with E-state index in [1.165, 1.54) is 0 Å². The zero-order valence-corrected chi connectivity index (χ0v) is 14.9. The van der Waals surface area contributed by atoms with Gasteiger partial charge in [0.25, 0.3) is 0 Å². The fraction of sp³-hybridized carbons (Fsp3) is 0.389. The van der Waals surface area contributed by atoms with Crippen molar-refractivity contribution >= 4 is 32.3 Å². The number of phenols is 1. The van der Waals surface area contributed by atoms with Crippen molar-refractivity contribution in [3.63, 3.8) is 0 Å². The largest absolute Gasteiger partial charge is 0.507 e. The number of aromatic hydroxyl groups is 1. The summed E-state index contributed by atoms with van der Waals surface area (Å²) in [5.74, 6) is 0.383. The quantitative estimate of drug-likeness (QED) is 0.747. The minimum absolute atomic E-state index is 0.383. The molecular formula is C18H23N3OS. The van der Waals surface area contributed by atoms with Crippen LogP contribution in [0.4, 0.5) is 0 Å². The lowest BCUT2D eigenvalue weighted by molar-refractivity contribution is 0.402. The van der Waals surface area contributed by atoms with Gasteiger partial charge in [-0.05, 0) is 34.0 Å². The number of hydrogen-bond donors (Lipinski definition) is 1. The molecule has 3 rings (SSSR count). The molecule has 23 heavy (non-hydrogen) atoms. The molecule has 122 valence electrons. The molecule has 1 N–H and O–H groups in total. The molecular weight excluding hydrogens is 306 g/mol. The summed E-state index contributed by atoms with van der Waals surface area (Å²) >= 11 is 1.66. The Morgan fingerprint density at radius 1 is 1.22 bits per heavy atom. The molecule has 0 aliphatic heterocycles. The van der Waals surface area contributed by atoms with E-state index in [9.17, 15) is 5.11 Å². The van der Waals surface area contributed by atoms with Crippen LogP contribution in [0.5, 0.6) is 5.75 Å². The van der Waals surface area contributed by atoms with Gasteiger partial charge >= 0.3 is 0 Å². The molecule has 5 heteroatoms. The third-order valence-electron chi connectivity index (χ3n) is 4.17. The standard InChI is InChI=1S/C18H23N3OS/c1-12-16(22)14-9-6-5-8-13(14)15-17(12)23-18(21(15)4)19-10-7-11-20(2)3/h5-6,8-9,22H,7,10-11H2,1-4H3/b19-18+. The smallest absolute Gasteiger partial charge is 0.185 e. The monoisotopic (exact) mass is 329 g/mol. The lowest BCUT2D eigenvalue weighted by Gasteiger charge is -2.08. The topological polar surface area (TPSA) is 40.8 Å². The summed E-state index contributed by atoms with van der Waals surface area (Å²) in [5, 5.41) is 12.5. The van der Waals surface area contributed by atoms with Crippen molar-refractivity contribution in [3.05, 3.63) is 34.6 Å². The lowest BCUT2D eigenvalue weighted by Crippen LogP contribution is -2.15. The van der Waals surface area contributed by atoms with Gasteiger partial charge in [0, 0.05) is 29.9 Å². The van der Waals surface area contributed by atoms with Crippen LogP contribution in [0, 0.1) is 6.92 Å². The van der Waals surface area contributed by atoms with Gasteiger partial charge in [-0.25, -0.2) is 0 Å². The van der Waals surface area contributed by atoms with Gasteiger partial charge in [0.05, 0.1) is 10.2 Å². The normalized spacial score (nSPS) is 12.8. The van der Waals surface area contributed by atoms with Crippen molar-refractivity contribution in [3.8, 4) is 5.75 Å². The van der Waals surface area contributed by atoms with Crippen molar-refractivity contribution in [2.24, 2.45) is 12.0 Å². The van der Waals surface area contributed by atoms with Gasteiger partial charge in [-0.15, -0.1) is 0 Å². The minimum atomic E-state index is 0.383. The fourth-order valence-electron chi connectivity index (χ4n) is 2.92. The molecule has 3 aromatic rings. The van der Waals surface area contributed by atoms with E-state index in [0.717, 1.165) is 50.9 Å². The number of aromatic nitrogens is 1. The Bertz CT molecular complexity index is 921. The molecule has 0 radical (unpaired) electrons. The van der Waals surface area contributed by atoms with Crippen molar-refractivity contribution in [2.75, 3.05) is 27.2 Å². The number of aryl methyl sites for hydroxylation is 2. The average Bonchev–Trinajstić information content (AvgIpc) is 2.86. The highest BCUT2D eigenvalue weighted by molar-refractivity contribution is 7.16. The number of benzene rings is 2. The molecule has 0 spiro atoms. The number of phenolic OH excluding ortho intramolecular Hbond substituents is 1. The van der Waals surface area contributed by atoms with E-state index in [1.54, 1.807) is 11.3 Å². The van der Waals surface area contributed by atoms with Gasteiger partial charge in [-0.1, -0.05) is 35.6 Å². The number of nitrogens with zero attached hydrogens (tertiary/aromatic N) is 3. The SMILES string of the molecule is Cc1c(O)c2ccccc2c2c1s/c(=N/CCCN(C)C)n2C. The molecule has 1 heterocycles. The Labute approximate surface area is 140 Å². The molecule has 0 aliphatic carbocycles. The van der Waals surface area contributed by atoms with E-state index in [2.05, 4.69) is 36.7 Å². The molecule has 0 unspecified atom stereocenters. The highest BCUT2D eigenvalue weighted by atomic mass is 32.1. The van der Waals surface area contributed by atoms with Crippen LogP contribution >= 0.6 is 11.3 Å². The first-order valence-corrected chi connectivity index (χ1v) is 8.67. The Kier molecular flexibility index (Phi) is 4.41. The van der Waals surface area contributed by atoms with E-state index < -0.39 is 0 Å². The second kappa shape index (κ2) is 6.34. The zero-order valence-electron chi connectivity index (χ0n) is 14.1. The lowest BCUT2D eigenvalue weighted by atomic mass is 10.0. The molecule has 0 bridgehead atoms.